The zero-order chi connectivity index (χ0) is 12.1. The lowest BCUT2D eigenvalue weighted by molar-refractivity contribution is 0.210. The number of aromatic nitrogens is 2. The smallest absolute Gasteiger partial charge is 0.202 e. The lowest BCUT2D eigenvalue weighted by atomic mass is 10.3. The topological polar surface area (TPSA) is 50.3 Å². The average Bonchev–Trinajstić information content (AvgIpc) is 2.79. The van der Waals surface area contributed by atoms with E-state index in [2.05, 4.69) is 26.6 Å². The quantitative estimate of drug-likeness (QED) is 0.817. The van der Waals surface area contributed by atoms with E-state index in [0.29, 0.717) is 12.6 Å². The lowest BCUT2D eigenvalue weighted by Crippen LogP contribution is -2.33. The molecule has 0 aromatic carbocycles. The first kappa shape index (κ1) is 13.1. The third kappa shape index (κ3) is 3.54. The van der Waals surface area contributed by atoms with Crippen LogP contribution in [0, 0.1) is 0 Å². The van der Waals surface area contributed by atoms with Crippen molar-refractivity contribution in [2.24, 2.45) is 0 Å². The predicted octanol–water partition coefficient (Wildman–Crippen LogP) is 1.32. The van der Waals surface area contributed by atoms with Gasteiger partial charge >= 0.3 is 0 Å². The summed E-state index contributed by atoms with van der Waals surface area (Å²) in [5.41, 5.74) is 0. The van der Waals surface area contributed by atoms with E-state index in [4.69, 9.17) is 4.74 Å². The zero-order valence-electron chi connectivity index (χ0n) is 10.2. The zero-order valence-corrected chi connectivity index (χ0v) is 11.8. The molecule has 5 nitrogen and oxygen atoms in total. The van der Waals surface area contributed by atoms with Crippen LogP contribution in [-0.2, 0) is 4.74 Å². The number of methoxy groups -OCH3 is 1. The van der Waals surface area contributed by atoms with Crippen LogP contribution in [0.2, 0.25) is 0 Å². The van der Waals surface area contributed by atoms with Crippen LogP contribution in [0.1, 0.15) is 11.9 Å². The van der Waals surface area contributed by atoms with E-state index < -0.39 is 0 Å². The van der Waals surface area contributed by atoms with Crippen LogP contribution in [0.25, 0.3) is 0 Å². The third-order valence-corrected chi connectivity index (χ3v) is 4.43. The monoisotopic (exact) mass is 274 g/mol. The van der Waals surface area contributed by atoms with Crippen LogP contribution in [0.3, 0.4) is 0 Å². The molecule has 1 aliphatic rings. The molecule has 0 saturated carbocycles. The van der Waals surface area contributed by atoms with Gasteiger partial charge in [0.2, 0.25) is 5.13 Å². The first-order valence-corrected chi connectivity index (χ1v) is 7.58. The van der Waals surface area contributed by atoms with Crippen LogP contribution in [-0.4, -0.2) is 59.6 Å². The standard InChI is InChI=1S/C10H18N4OS2/c1-14-4-6-16-7-8(14)9-12-10(17-13-9)11-3-5-15-2/h8H,3-7H2,1-2H3,(H,11,12,13). The Morgan fingerprint density at radius 1 is 1.59 bits per heavy atom. The minimum absolute atomic E-state index is 0.364. The van der Waals surface area contributed by atoms with E-state index in [1.54, 1.807) is 7.11 Å². The number of hydrogen-bond acceptors (Lipinski definition) is 7. The molecule has 1 unspecified atom stereocenters. The van der Waals surface area contributed by atoms with Crippen LogP contribution in [0.5, 0.6) is 0 Å². The van der Waals surface area contributed by atoms with Gasteiger partial charge < -0.3 is 10.1 Å². The number of nitrogens with zero attached hydrogens (tertiary/aromatic N) is 3. The molecule has 17 heavy (non-hydrogen) atoms. The Labute approximate surface area is 110 Å². The molecular formula is C10H18N4OS2. The van der Waals surface area contributed by atoms with Crippen molar-refractivity contribution in [3.05, 3.63) is 5.82 Å². The molecule has 0 amide bonds. The fraction of sp³-hybridized carbons (Fsp3) is 0.800. The highest BCUT2D eigenvalue weighted by Crippen LogP contribution is 2.28. The summed E-state index contributed by atoms with van der Waals surface area (Å²) >= 11 is 3.41. The number of rotatable bonds is 5. The van der Waals surface area contributed by atoms with Crippen molar-refractivity contribution in [3.8, 4) is 0 Å². The van der Waals surface area contributed by atoms with Gasteiger partial charge in [-0.15, -0.1) is 0 Å². The Balaban J connectivity index is 1.92. The molecule has 96 valence electrons. The fourth-order valence-electron chi connectivity index (χ4n) is 1.66. The number of anilines is 1. The van der Waals surface area contributed by atoms with Gasteiger partial charge in [-0.25, -0.2) is 4.98 Å². The molecule has 0 aliphatic carbocycles. The maximum absolute atomic E-state index is 4.99. The molecule has 1 atom stereocenters. The van der Waals surface area contributed by atoms with Gasteiger partial charge in [-0.05, 0) is 7.05 Å². The summed E-state index contributed by atoms with van der Waals surface area (Å²) in [6, 6.07) is 0.364. The summed E-state index contributed by atoms with van der Waals surface area (Å²) in [4.78, 5) is 6.87. The Morgan fingerprint density at radius 3 is 3.24 bits per heavy atom. The number of thioether (sulfide) groups is 1. The molecule has 2 rings (SSSR count). The highest BCUT2D eigenvalue weighted by Gasteiger charge is 2.24. The first-order chi connectivity index (χ1) is 8.31. The van der Waals surface area contributed by atoms with E-state index in [1.807, 2.05) is 11.8 Å². The highest BCUT2D eigenvalue weighted by molar-refractivity contribution is 7.99. The molecule has 1 aromatic heterocycles. The Hall–Kier alpha value is -0.370. The largest absolute Gasteiger partial charge is 0.383 e. The van der Waals surface area contributed by atoms with Crippen LogP contribution in [0.4, 0.5) is 5.13 Å². The van der Waals surface area contributed by atoms with Crippen molar-refractivity contribution >= 4 is 28.4 Å². The van der Waals surface area contributed by atoms with Crippen molar-refractivity contribution in [1.82, 2.24) is 14.3 Å². The van der Waals surface area contributed by atoms with Crippen LogP contribution < -0.4 is 5.32 Å². The molecule has 1 fully saturated rings. The Kier molecular flexibility index (Phi) is 5.02. The van der Waals surface area contributed by atoms with E-state index in [1.165, 1.54) is 17.3 Å². The molecular weight excluding hydrogens is 256 g/mol. The molecule has 7 heteroatoms. The Bertz CT molecular complexity index is 347. The van der Waals surface area contributed by atoms with Crippen molar-refractivity contribution in [2.75, 3.05) is 50.7 Å². The minimum Gasteiger partial charge on any atom is -0.383 e. The van der Waals surface area contributed by atoms with Crippen molar-refractivity contribution in [2.45, 2.75) is 6.04 Å². The van der Waals surface area contributed by atoms with Crippen molar-refractivity contribution in [3.63, 3.8) is 0 Å². The first-order valence-electron chi connectivity index (χ1n) is 5.65. The summed E-state index contributed by atoms with van der Waals surface area (Å²) in [7, 11) is 3.84. The average molecular weight is 274 g/mol. The van der Waals surface area contributed by atoms with Crippen molar-refractivity contribution in [1.29, 1.82) is 0 Å². The van der Waals surface area contributed by atoms with E-state index in [0.717, 1.165) is 29.8 Å². The maximum atomic E-state index is 4.99. The van der Waals surface area contributed by atoms with E-state index >= 15 is 0 Å². The normalized spacial score (nSPS) is 21.6. The van der Waals surface area contributed by atoms with Gasteiger partial charge in [0.15, 0.2) is 5.82 Å². The second-order valence-corrected chi connectivity index (χ2v) is 5.85. The maximum Gasteiger partial charge on any atom is 0.202 e. The minimum atomic E-state index is 0.364. The number of ether oxygens (including phenoxy) is 1. The molecule has 0 bridgehead atoms. The van der Waals surface area contributed by atoms with Crippen LogP contribution in [0.15, 0.2) is 0 Å². The van der Waals surface area contributed by atoms with Crippen LogP contribution >= 0.6 is 23.3 Å². The second-order valence-electron chi connectivity index (χ2n) is 3.95. The van der Waals surface area contributed by atoms with Gasteiger partial charge in [0.05, 0.1) is 12.6 Å². The molecule has 0 spiro atoms. The van der Waals surface area contributed by atoms with Gasteiger partial charge in [-0.3, -0.25) is 4.90 Å². The van der Waals surface area contributed by atoms with Gasteiger partial charge in [0, 0.05) is 43.2 Å². The Morgan fingerprint density at radius 2 is 2.47 bits per heavy atom. The number of nitrogens with one attached hydrogen (secondary N) is 1. The van der Waals surface area contributed by atoms with Gasteiger partial charge in [-0.2, -0.15) is 16.1 Å². The van der Waals surface area contributed by atoms with Gasteiger partial charge in [-0.1, -0.05) is 0 Å². The van der Waals surface area contributed by atoms with E-state index in [-0.39, 0.29) is 0 Å². The number of hydrogen-bond donors (Lipinski definition) is 1. The molecule has 0 radical (unpaired) electrons. The van der Waals surface area contributed by atoms with Crippen molar-refractivity contribution < 1.29 is 4.74 Å². The summed E-state index contributed by atoms with van der Waals surface area (Å²) in [6.07, 6.45) is 0. The predicted molar refractivity (Wildman–Crippen MR) is 73.0 cm³/mol. The molecule has 1 saturated heterocycles. The fourth-order valence-corrected chi connectivity index (χ4v) is 3.51. The van der Waals surface area contributed by atoms with E-state index in [9.17, 15) is 0 Å². The molecule has 1 aliphatic heterocycles. The summed E-state index contributed by atoms with van der Waals surface area (Å²) in [6.45, 7) is 2.58. The molecule has 2 heterocycles. The molecule has 1 aromatic rings. The lowest BCUT2D eigenvalue weighted by Gasteiger charge is -2.29. The third-order valence-electron chi connectivity index (χ3n) is 2.72. The highest BCUT2D eigenvalue weighted by atomic mass is 32.2. The second kappa shape index (κ2) is 6.53. The van der Waals surface area contributed by atoms with Gasteiger partial charge in [0.25, 0.3) is 0 Å². The summed E-state index contributed by atoms with van der Waals surface area (Å²) in [5, 5.41) is 4.10. The SMILES string of the molecule is COCCNc1nc(C2CSCCN2C)ns1. The summed E-state index contributed by atoms with van der Waals surface area (Å²) in [5.74, 6) is 3.24. The summed E-state index contributed by atoms with van der Waals surface area (Å²) < 4.78 is 9.43. The van der Waals surface area contributed by atoms with Gasteiger partial charge in [0.1, 0.15) is 0 Å². The molecule has 1 N–H and O–H groups in total.